The fourth-order valence-electron chi connectivity index (χ4n) is 4.22. The third-order valence-electron chi connectivity index (χ3n) is 6.05. The highest BCUT2D eigenvalue weighted by Crippen LogP contribution is 2.33. The number of carbonyl (C=O) groups excluding carboxylic acids is 2. The van der Waals surface area contributed by atoms with Crippen molar-refractivity contribution in [3.63, 3.8) is 0 Å². The quantitative estimate of drug-likeness (QED) is 0.449. The van der Waals surface area contributed by atoms with Gasteiger partial charge in [0.15, 0.2) is 5.13 Å². The van der Waals surface area contributed by atoms with E-state index < -0.39 is 5.91 Å². The van der Waals surface area contributed by atoms with Crippen molar-refractivity contribution in [1.82, 2.24) is 19.8 Å². The van der Waals surface area contributed by atoms with Crippen molar-refractivity contribution in [3.8, 4) is 11.3 Å². The topological polar surface area (TPSA) is 104 Å². The number of anilines is 2. The number of nitrogens with zero attached hydrogens (tertiary/aromatic N) is 4. The summed E-state index contributed by atoms with van der Waals surface area (Å²) in [5.41, 5.74) is 9.85. The molecular formula is C27H32N6O2S. The van der Waals surface area contributed by atoms with Crippen LogP contribution in [0.5, 0.6) is 0 Å². The number of primary amides is 1. The molecule has 3 heterocycles. The number of rotatable bonds is 8. The van der Waals surface area contributed by atoms with Crippen LogP contribution < -0.4 is 11.1 Å². The van der Waals surface area contributed by atoms with Crippen LogP contribution >= 0.6 is 11.3 Å². The molecule has 1 aliphatic heterocycles. The molecule has 0 aliphatic carbocycles. The van der Waals surface area contributed by atoms with E-state index in [0.29, 0.717) is 0 Å². The molecule has 0 radical (unpaired) electrons. The molecule has 8 nitrogen and oxygen atoms in total. The minimum atomic E-state index is -0.503. The van der Waals surface area contributed by atoms with Crippen LogP contribution in [0.4, 0.5) is 10.8 Å². The Balaban J connectivity index is 1.60. The third kappa shape index (κ3) is 6.35. The second-order valence-corrected chi connectivity index (χ2v) is 10.4. The number of benzene rings is 1. The second-order valence-electron chi connectivity index (χ2n) is 9.21. The first-order chi connectivity index (χ1) is 17.3. The van der Waals surface area contributed by atoms with Crippen molar-refractivity contribution in [2.75, 3.05) is 31.5 Å². The van der Waals surface area contributed by atoms with Gasteiger partial charge in [-0.2, -0.15) is 0 Å². The fraction of sp³-hybridized carbons (Fsp3) is 0.333. The van der Waals surface area contributed by atoms with Crippen LogP contribution in [0.15, 0.2) is 48.8 Å². The first kappa shape index (κ1) is 25.5. The zero-order chi connectivity index (χ0) is 25.7. The van der Waals surface area contributed by atoms with Crippen LogP contribution in [0.25, 0.3) is 17.3 Å². The molecule has 3 aromatic rings. The van der Waals surface area contributed by atoms with E-state index >= 15 is 0 Å². The molecule has 2 amide bonds. The number of nitrogens with two attached hydrogens (primary N) is 1. The lowest BCUT2D eigenvalue weighted by Gasteiger charge is -2.35. The van der Waals surface area contributed by atoms with Gasteiger partial charge in [-0.25, -0.2) is 4.98 Å². The molecule has 0 saturated carbocycles. The number of thiazole rings is 1. The lowest BCUT2D eigenvalue weighted by molar-refractivity contribution is -0.136. The zero-order valence-corrected chi connectivity index (χ0v) is 21.7. The summed E-state index contributed by atoms with van der Waals surface area (Å²) in [7, 11) is 0. The highest BCUT2D eigenvalue weighted by Gasteiger charge is 2.23. The molecule has 0 unspecified atom stereocenters. The second kappa shape index (κ2) is 11.5. The van der Waals surface area contributed by atoms with E-state index in [9.17, 15) is 9.59 Å². The van der Waals surface area contributed by atoms with Gasteiger partial charge in [0.1, 0.15) is 0 Å². The van der Waals surface area contributed by atoms with Crippen LogP contribution in [-0.4, -0.2) is 57.8 Å². The van der Waals surface area contributed by atoms with E-state index in [1.165, 1.54) is 6.08 Å². The van der Waals surface area contributed by atoms with Crippen LogP contribution in [0, 0.1) is 12.8 Å². The number of hydrogen-bond acceptors (Lipinski definition) is 7. The summed E-state index contributed by atoms with van der Waals surface area (Å²) in [6, 6.07) is 10.0. The van der Waals surface area contributed by atoms with E-state index in [1.54, 1.807) is 23.6 Å². The lowest BCUT2D eigenvalue weighted by Crippen LogP contribution is -2.49. The Bertz CT molecular complexity index is 1260. The molecule has 4 rings (SSSR count). The smallest absolute Gasteiger partial charge is 0.241 e. The van der Waals surface area contributed by atoms with Crippen molar-refractivity contribution < 1.29 is 9.59 Å². The average molecular weight is 505 g/mol. The molecule has 3 N–H and O–H groups in total. The summed E-state index contributed by atoms with van der Waals surface area (Å²) in [5, 5.41) is 4.18. The summed E-state index contributed by atoms with van der Waals surface area (Å²) >= 11 is 1.58. The Morgan fingerprint density at radius 2 is 1.94 bits per heavy atom. The summed E-state index contributed by atoms with van der Waals surface area (Å²) in [4.78, 5) is 38.3. The molecule has 1 fully saturated rings. The minimum absolute atomic E-state index is 0.0228. The highest BCUT2D eigenvalue weighted by molar-refractivity contribution is 7.15. The van der Waals surface area contributed by atoms with E-state index in [2.05, 4.69) is 32.3 Å². The van der Waals surface area contributed by atoms with Gasteiger partial charge in [-0.05, 0) is 42.3 Å². The van der Waals surface area contributed by atoms with Gasteiger partial charge in [-0.3, -0.25) is 19.5 Å². The molecule has 0 bridgehead atoms. The molecule has 2 aromatic heterocycles. The summed E-state index contributed by atoms with van der Waals surface area (Å²) < 4.78 is 0. The van der Waals surface area contributed by atoms with Crippen LogP contribution in [0.2, 0.25) is 0 Å². The van der Waals surface area contributed by atoms with Gasteiger partial charge in [0, 0.05) is 67.6 Å². The maximum Gasteiger partial charge on any atom is 0.241 e. The minimum Gasteiger partial charge on any atom is -0.366 e. The molecule has 0 atom stereocenters. The Hall–Kier alpha value is -3.56. The van der Waals surface area contributed by atoms with E-state index in [4.69, 9.17) is 5.73 Å². The molecule has 36 heavy (non-hydrogen) atoms. The number of nitrogens with one attached hydrogen (secondary N) is 1. The number of aryl methyl sites for hydroxylation is 1. The SMILES string of the molecule is Cc1cnc(Nc2cccnc2-c2cc(CN3CCN(C(=O)C(C)C)CC3)ccc2C=CC(N)=O)s1. The van der Waals surface area contributed by atoms with Gasteiger partial charge in [-0.1, -0.05) is 26.0 Å². The number of piperazine rings is 1. The number of aromatic nitrogens is 2. The van der Waals surface area contributed by atoms with Gasteiger partial charge in [0.25, 0.3) is 0 Å². The van der Waals surface area contributed by atoms with Crippen molar-refractivity contribution in [3.05, 3.63) is 64.8 Å². The fourth-order valence-corrected chi connectivity index (χ4v) is 4.90. The van der Waals surface area contributed by atoms with Crippen LogP contribution in [0.3, 0.4) is 0 Å². The predicted octanol–water partition coefficient (Wildman–Crippen LogP) is 4.06. The van der Waals surface area contributed by atoms with Crippen LogP contribution in [-0.2, 0) is 16.1 Å². The standard InChI is InChI=1S/C27H32N6O2S/c1-18(2)26(35)33-13-11-32(12-14-33)17-20-6-7-21(8-9-24(28)34)22(15-20)25-23(5-4-10-29-25)31-27-30-16-19(3)36-27/h4-10,15-16,18H,11-14,17H2,1-3H3,(H2,28,34)(H,30,31). The first-order valence-corrected chi connectivity index (χ1v) is 12.9. The average Bonchev–Trinajstić information content (AvgIpc) is 3.27. The molecule has 0 spiro atoms. The lowest BCUT2D eigenvalue weighted by atomic mass is 9.98. The Kier molecular flexibility index (Phi) is 8.12. The van der Waals surface area contributed by atoms with Crippen LogP contribution in [0.1, 0.15) is 29.9 Å². The van der Waals surface area contributed by atoms with Gasteiger partial charge in [0.05, 0.1) is 11.4 Å². The van der Waals surface area contributed by atoms with Gasteiger partial charge >= 0.3 is 0 Å². The summed E-state index contributed by atoms with van der Waals surface area (Å²) in [6.07, 6.45) is 6.68. The summed E-state index contributed by atoms with van der Waals surface area (Å²) in [6.45, 7) is 9.81. The maximum absolute atomic E-state index is 12.3. The van der Waals surface area contributed by atoms with E-state index in [1.807, 2.05) is 50.1 Å². The molecular weight excluding hydrogens is 472 g/mol. The molecule has 1 aliphatic rings. The highest BCUT2D eigenvalue weighted by atomic mass is 32.1. The largest absolute Gasteiger partial charge is 0.366 e. The van der Waals surface area contributed by atoms with Crippen molar-refractivity contribution in [2.45, 2.75) is 27.3 Å². The maximum atomic E-state index is 12.3. The van der Waals surface area contributed by atoms with Gasteiger partial charge in [-0.15, -0.1) is 11.3 Å². The Morgan fingerprint density at radius 1 is 1.17 bits per heavy atom. The number of carbonyl (C=O) groups is 2. The van der Waals surface area contributed by atoms with E-state index in [-0.39, 0.29) is 11.8 Å². The zero-order valence-electron chi connectivity index (χ0n) is 20.9. The predicted molar refractivity (Wildman–Crippen MR) is 145 cm³/mol. The number of amides is 2. The van der Waals surface area contributed by atoms with E-state index in [0.717, 1.165) is 70.8 Å². The third-order valence-corrected chi connectivity index (χ3v) is 6.88. The molecule has 188 valence electrons. The Morgan fingerprint density at radius 3 is 2.61 bits per heavy atom. The summed E-state index contributed by atoms with van der Waals surface area (Å²) in [5.74, 6) is -0.265. The number of pyridine rings is 1. The normalized spacial score (nSPS) is 14.5. The molecule has 1 saturated heterocycles. The number of hydrogen-bond donors (Lipinski definition) is 2. The Labute approximate surface area is 215 Å². The molecule has 9 heteroatoms. The van der Waals surface area contributed by atoms with Crippen molar-refractivity contribution in [2.24, 2.45) is 11.7 Å². The van der Waals surface area contributed by atoms with Gasteiger partial charge < -0.3 is 16.0 Å². The first-order valence-electron chi connectivity index (χ1n) is 12.1. The van der Waals surface area contributed by atoms with Gasteiger partial charge in [0.2, 0.25) is 11.8 Å². The van der Waals surface area contributed by atoms with Crippen molar-refractivity contribution >= 4 is 40.0 Å². The van der Waals surface area contributed by atoms with Crippen molar-refractivity contribution in [1.29, 1.82) is 0 Å². The molecule has 1 aromatic carbocycles. The monoisotopic (exact) mass is 504 g/mol.